The second-order valence-corrected chi connectivity index (χ2v) is 5.11. The molecule has 0 aliphatic carbocycles. The second-order valence-electron chi connectivity index (χ2n) is 3.77. The van der Waals surface area contributed by atoms with Gasteiger partial charge in [0, 0.05) is 37.3 Å². The molecule has 0 amide bonds. The van der Waals surface area contributed by atoms with Crippen molar-refractivity contribution in [2.45, 2.75) is 12.1 Å². The van der Waals surface area contributed by atoms with Crippen LogP contribution in [0.25, 0.3) is 10.9 Å². The van der Waals surface area contributed by atoms with Crippen LogP contribution in [0.1, 0.15) is 30.3 Å². The van der Waals surface area contributed by atoms with E-state index in [0.29, 0.717) is 4.90 Å². The van der Waals surface area contributed by atoms with Crippen LogP contribution in [0.3, 0.4) is 0 Å². The Labute approximate surface area is 142 Å². The summed E-state index contributed by atoms with van der Waals surface area (Å²) in [4.78, 5) is 0.756. The predicted molar refractivity (Wildman–Crippen MR) is 82.2 cm³/mol. The molecule has 20 heavy (non-hydrogen) atoms. The van der Waals surface area contributed by atoms with E-state index in [1.807, 2.05) is 0 Å². The van der Waals surface area contributed by atoms with Crippen LogP contribution in [0.15, 0.2) is 24.3 Å². The fourth-order valence-electron chi connectivity index (χ4n) is 1.36. The van der Waals surface area contributed by atoms with Crippen molar-refractivity contribution in [3.05, 3.63) is 35.4 Å². The third-order valence-electron chi connectivity index (χ3n) is 2.17. The van der Waals surface area contributed by atoms with Crippen LogP contribution in [0.4, 0.5) is 0 Å². The first-order valence-electron chi connectivity index (χ1n) is 13.1. The van der Waals surface area contributed by atoms with Gasteiger partial charge in [0.1, 0.15) is 1.41 Å². The molecule has 0 aliphatic rings. The molecule has 0 spiro atoms. The largest absolute Gasteiger partial charge is 0.361 e. The lowest BCUT2D eigenvalue weighted by Gasteiger charge is -2.08. The summed E-state index contributed by atoms with van der Waals surface area (Å²) in [5.41, 5.74) is -6.93. The van der Waals surface area contributed by atoms with Gasteiger partial charge in [0.2, 0.25) is 10.0 Å². The fraction of sp³-hybridized carbons (Fsp3) is 0.429. The molecule has 0 aliphatic heterocycles. The molecular formula is C14H21N3O2S. The molecule has 5 nitrogen and oxygen atoms in total. The number of sulfonamides is 1. The van der Waals surface area contributed by atoms with Crippen LogP contribution in [0.5, 0.6) is 0 Å². The highest BCUT2D eigenvalue weighted by atomic mass is 32.2. The van der Waals surface area contributed by atoms with Crippen molar-refractivity contribution in [2.24, 2.45) is 0 Å². The number of hydrogen-bond acceptors (Lipinski definition) is 3. The van der Waals surface area contributed by atoms with Crippen LogP contribution >= 0.6 is 0 Å². The number of nitrogens with zero attached hydrogens (tertiary/aromatic N) is 1. The molecule has 110 valence electrons. The van der Waals surface area contributed by atoms with Crippen LogP contribution < -0.4 is 4.72 Å². The molecule has 1 aromatic heterocycles. The summed E-state index contributed by atoms with van der Waals surface area (Å²) in [6.45, 7) is -7.40. The molecule has 0 unspecified atom stereocenters. The first-order chi connectivity index (χ1) is 15.8. The molecule has 6 heteroatoms. The third kappa shape index (κ3) is 3.59. The van der Waals surface area contributed by atoms with Crippen molar-refractivity contribution in [1.29, 1.82) is 0 Å². The van der Waals surface area contributed by atoms with Crippen LogP contribution in [-0.4, -0.2) is 45.8 Å². The highest BCUT2D eigenvalue weighted by Gasteiger charge is 2.11. The van der Waals surface area contributed by atoms with Gasteiger partial charge in [-0.3, -0.25) is 0 Å². The first-order valence-corrected chi connectivity index (χ1v) is 6.67. The van der Waals surface area contributed by atoms with Gasteiger partial charge in [0.15, 0.2) is 1.41 Å². The average molecular weight is 312 g/mol. The van der Waals surface area contributed by atoms with E-state index in [1.165, 1.54) is 0 Å². The molecule has 0 fully saturated rings. The van der Waals surface area contributed by atoms with Crippen LogP contribution in [-0.2, 0) is 22.1 Å². The molecule has 0 saturated carbocycles. The molecule has 0 saturated heterocycles. The molecule has 1 heterocycles. The van der Waals surface area contributed by atoms with Crippen molar-refractivity contribution >= 4 is 20.9 Å². The Hall–Kier alpha value is -1.37. The maximum atomic E-state index is 12.7. The number of likely N-dealkylation sites (N-methyl/N-ethyl adjacent to an activating group) is 1. The zero-order chi connectivity index (χ0) is 28.6. The van der Waals surface area contributed by atoms with E-state index in [-0.39, 0.29) is 4.98 Å². The fourth-order valence-corrected chi connectivity index (χ4v) is 1.77. The lowest BCUT2D eigenvalue weighted by molar-refractivity contribution is 0.414. The van der Waals surface area contributed by atoms with Crippen molar-refractivity contribution in [2.75, 3.05) is 27.5 Å². The van der Waals surface area contributed by atoms with E-state index >= 15 is 0 Å². The van der Waals surface area contributed by atoms with Crippen LogP contribution in [0, 0.1) is 0 Å². The first kappa shape index (κ1) is 4.56. The summed E-state index contributed by atoms with van der Waals surface area (Å²) < 4.78 is 149. The van der Waals surface area contributed by atoms with Gasteiger partial charge in [-0.05, 0) is 50.6 Å². The molecular weight excluding hydrogens is 274 g/mol. The third-order valence-corrected chi connectivity index (χ3v) is 2.87. The van der Waals surface area contributed by atoms with Crippen molar-refractivity contribution < 1.29 is 30.4 Å². The van der Waals surface area contributed by atoms with Crippen molar-refractivity contribution in [3.63, 3.8) is 0 Å². The van der Waals surface area contributed by atoms with Gasteiger partial charge < -0.3 is 9.88 Å². The Morgan fingerprint density at radius 3 is 3.25 bits per heavy atom. The number of aromatic nitrogens is 1. The molecule has 1 aromatic carbocycles. The molecule has 0 atom stereocenters. The number of hydrogen-bond donors (Lipinski definition) is 2. The van der Waals surface area contributed by atoms with E-state index < -0.39 is 93.6 Å². The average Bonchev–Trinajstić information content (AvgIpc) is 2.95. The monoisotopic (exact) mass is 311 g/mol. The lowest BCUT2D eigenvalue weighted by Crippen LogP contribution is -2.20. The number of nitrogens with one attached hydrogen (secondary N) is 2. The van der Waals surface area contributed by atoms with Crippen molar-refractivity contribution in [3.8, 4) is 0 Å². The Kier molecular flexibility index (Phi) is 1.36. The smallest absolute Gasteiger partial charge is 0.215 e. The number of benzene rings is 1. The van der Waals surface area contributed by atoms with E-state index in [1.54, 1.807) is 0 Å². The minimum Gasteiger partial charge on any atom is -0.361 e. The zero-order valence-electron chi connectivity index (χ0n) is 26.3. The quantitative estimate of drug-likeness (QED) is 0.845. The molecule has 2 rings (SSSR count). The maximum Gasteiger partial charge on any atom is 0.215 e. The number of rotatable bonds is 6. The van der Waals surface area contributed by atoms with Gasteiger partial charge in [-0.1, -0.05) is 6.04 Å². The molecule has 2 N–H and O–H groups in total. The standard InChI is InChI=1S/C14H21N3O2S/c1-15-20(18,19)10-11-4-5-14-13(8-11)12(9-16-14)6-7-17(2)3/h4-5,8-9,15-16H,6-7,10H2,1-3H3/i1D3,2D3,4D,5D,6D2,8D,9D,10D2/hD2. The number of fused-ring (bicyclic) bond motifs is 1. The van der Waals surface area contributed by atoms with Gasteiger partial charge in [-0.25, -0.2) is 13.1 Å². The Bertz CT molecular complexity index is 1300. The van der Waals surface area contributed by atoms with E-state index in [4.69, 9.17) is 22.0 Å². The molecule has 0 bridgehead atoms. The SMILES string of the molecule is [2H]c1c(C([2H])([2H])S(=O)(=O)N([2H])C([2H])([2H])[2H])c([2H])c2c(C([2H])([2H])CN(C)C([2H])([2H])[2H])c([2H])n([2H])c2c1[2H]. The number of aromatic amines is 1. The second kappa shape index (κ2) is 5.95. The summed E-state index contributed by atoms with van der Waals surface area (Å²) in [6, 6.07) is -3.58. The highest BCUT2D eigenvalue weighted by molar-refractivity contribution is 7.88. The van der Waals surface area contributed by atoms with E-state index in [0.717, 1.165) is 7.05 Å². The topological polar surface area (TPSA) is 65.2 Å². The van der Waals surface area contributed by atoms with Crippen molar-refractivity contribution in [1.82, 2.24) is 14.6 Å². The molecule has 2 aromatic rings. The Balaban J connectivity index is 3.02. The van der Waals surface area contributed by atoms with Gasteiger partial charge >= 0.3 is 0 Å². The molecule has 0 radical (unpaired) electrons. The zero-order valence-corrected chi connectivity index (χ0v) is 11.1. The van der Waals surface area contributed by atoms with Gasteiger partial charge in [-0.2, -0.15) is 0 Å². The predicted octanol–water partition coefficient (Wildman–Crippen LogP) is 1.32. The van der Waals surface area contributed by atoms with Gasteiger partial charge in [0.25, 0.3) is 0 Å². The summed E-state index contributed by atoms with van der Waals surface area (Å²) in [6.07, 6.45) is -3.79. The van der Waals surface area contributed by atoms with E-state index in [2.05, 4.69) is 0 Å². The number of H-pyrrole nitrogens is 1. The summed E-state index contributed by atoms with van der Waals surface area (Å²) in [5.74, 6) is 0. The Morgan fingerprint density at radius 1 is 1.65 bits per heavy atom. The minimum atomic E-state index is -5.80. The summed E-state index contributed by atoms with van der Waals surface area (Å²) >= 11 is 0. The highest BCUT2D eigenvalue weighted by Crippen LogP contribution is 2.21. The Morgan fingerprint density at radius 2 is 2.50 bits per heavy atom. The normalized spacial score (nSPS) is 26.9. The van der Waals surface area contributed by atoms with Gasteiger partial charge in [0.05, 0.1) is 11.2 Å². The summed E-state index contributed by atoms with van der Waals surface area (Å²) in [5, 5.41) is -0.806. The lowest BCUT2D eigenvalue weighted by atomic mass is 10.1. The van der Waals surface area contributed by atoms with E-state index in [9.17, 15) is 8.42 Å². The van der Waals surface area contributed by atoms with Crippen LogP contribution in [0.2, 0.25) is 2.82 Å². The summed E-state index contributed by atoms with van der Waals surface area (Å²) in [7, 11) is -4.77. The minimum absolute atomic E-state index is 0.170. The maximum absolute atomic E-state index is 12.7. The van der Waals surface area contributed by atoms with Gasteiger partial charge in [-0.15, -0.1) is 0 Å².